The second kappa shape index (κ2) is 13.8. The minimum atomic E-state index is -0.397. The maximum Gasteiger partial charge on any atom is 0.242 e. The number of hydrogen-bond acceptors (Lipinski definition) is 4. The summed E-state index contributed by atoms with van der Waals surface area (Å²) in [6.07, 6.45) is 2.37. The number of unbranched alkanes of at least 4 members (excludes halogenated alkanes) is 1. The summed E-state index contributed by atoms with van der Waals surface area (Å²) in [5.74, 6) is -0.183. The molecule has 0 spiro atoms. The lowest BCUT2D eigenvalue weighted by atomic mass is 10.1. The number of hydrogen-bond donors (Lipinski definition) is 2. The summed E-state index contributed by atoms with van der Waals surface area (Å²) in [4.78, 5) is 27.0. The summed E-state index contributed by atoms with van der Waals surface area (Å²) in [6, 6.07) is -0.397. The van der Waals surface area contributed by atoms with Crippen molar-refractivity contribution in [2.45, 2.75) is 46.1 Å². The van der Waals surface area contributed by atoms with E-state index in [1.165, 1.54) is 11.8 Å². The van der Waals surface area contributed by atoms with E-state index >= 15 is 0 Å². The molecule has 0 radical (unpaired) electrons. The molecular formula is C15H34N4O2. The minimum absolute atomic E-state index is 0.0865. The van der Waals surface area contributed by atoms with Crippen molar-refractivity contribution >= 4 is 11.8 Å². The number of nitrogens with zero attached hydrogens (tertiary/aromatic N) is 2. The molecule has 0 aromatic rings. The monoisotopic (exact) mass is 302 g/mol. The van der Waals surface area contributed by atoms with Crippen LogP contribution in [0.4, 0.5) is 0 Å². The van der Waals surface area contributed by atoms with Gasteiger partial charge in [-0.2, -0.15) is 0 Å². The Hall–Kier alpha value is -1.14. The van der Waals surface area contributed by atoms with E-state index in [1.807, 2.05) is 32.8 Å². The van der Waals surface area contributed by atoms with Crippen LogP contribution in [0.5, 0.6) is 0 Å². The van der Waals surface area contributed by atoms with E-state index in [0.717, 1.165) is 19.4 Å². The molecule has 1 unspecified atom stereocenters. The van der Waals surface area contributed by atoms with Gasteiger partial charge in [-0.3, -0.25) is 9.59 Å². The standard InChI is InChI=1S/C13H28N4O2.C2H6/c1-11(18)17(4)12(7-5-6-8-14)13(19)15-9-10-16(2)3;1-2/h12H,5-10,14H2,1-4H3,(H,15,19);1-2H3. The third kappa shape index (κ3) is 11.2. The zero-order valence-corrected chi connectivity index (χ0v) is 14.6. The third-order valence-corrected chi connectivity index (χ3v) is 3.06. The van der Waals surface area contributed by atoms with Crippen molar-refractivity contribution in [1.29, 1.82) is 0 Å². The maximum absolute atomic E-state index is 12.1. The fourth-order valence-corrected chi connectivity index (χ4v) is 1.72. The van der Waals surface area contributed by atoms with Gasteiger partial charge < -0.3 is 20.9 Å². The largest absolute Gasteiger partial charge is 0.353 e. The van der Waals surface area contributed by atoms with Crippen molar-refractivity contribution in [2.75, 3.05) is 40.8 Å². The van der Waals surface area contributed by atoms with Gasteiger partial charge in [-0.15, -0.1) is 0 Å². The first-order chi connectivity index (χ1) is 9.90. The molecule has 6 heteroatoms. The van der Waals surface area contributed by atoms with Crippen LogP contribution < -0.4 is 11.1 Å². The summed E-state index contributed by atoms with van der Waals surface area (Å²) in [6.45, 7) is 7.46. The Balaban J connectivity index is 0. The number of amides is 2. The number of likely N-dealkylation sites (N-methyl/N-ethyl adjacent to an activating group) is 2. The SMILES string of the molecule is CC.CC(=O)N(C)C(CCCCN)C(=O)NCCN(C)C. The van der Waals surface area contributed by atoms with Gasteiger partial charge in [-0.1, -0.05) is 13.8 Å². The van der Waals surface area contributed by atoms with Crippen molar-refractivity contribution in [3.05, 3.63) is 0 Å². The van der Waals surface area contributed by atoms with Crippen molar-refractivity contribution in [3.63, 3.8) is 0 Å². The zero-order chi connectivity index (χ0) is 16.8. The van der Waals surface area contributed by atoms with E-state index in [1.54, 1.807) is 7.05 Å². The highest BCUT2D eigenvalue weighted by Crippen LogP contribution is 2.08. The van der Waals surface area contributed by atoms with E-state index in [4.69, 9.17) is 5.73 Å². The van der Waals surface area contributed by atoms with Crippen LogP contribution in [-0.4, -0.2) is 68.4 Å². The van der Waals surface area contributed by atoms with Gasteiger partial charge in [0.25, 0.3) is 0 Å². The van der Waals surface area contributed by atoms with Gasteiger partial charge in [0.05, 0.1) is 0 Å². The smallest absolute Gasteiger partial charge is 0.242 e. The molecule has 0 aliphatic carbocycles. The van der Waals surface area contributed by atoms with Crippen molar-refractivity contribution < 1.29 is 9.59 Å². The molecule has 2 amide bonds. The predicted octanol–water partition coefficient (Wildman–Crippen LogP) is 0.666. The molecule has 3 N–H and O–H groups in total. The Morgan fingerprint density at radius 1 is 1.14 bits per heavy atom. The molecule has 0 aliphatic rings. The van der Waals surface area contributed by atoms with E-state index in [-0.39, 0.29) is 11.8 Å². The lowest BCUT2D eigenvalue weighted by Crippen LogP contribution is -2.48. The number of rotatable bonds is 9. The van der Waals surface area contributed by atoms with Gasteiger partial charge in [-0.05, 0) is 39.9 Å². The summed E-state index contributed by atoms with van der Waals surface area (Å²) < 4.78 is 0. The van der Waals surface area contributed by atoms with Crippen LogP contribution >= 0.6 is 0 Å². The lowest BCUT2D eigenvalue weighted by molar-refractivity contribution is -0.137. The molecule has 0 fully saturated rings. The maximum atomic E-state index is 12.1. The average Bonchev–Trinajstić information content (AvgIpc) is 2.44. The molecule has 0 rings (SSSR count). The number of carbonyl (C=O) groups excluding carboxylic acids is 2. The van der Waals surface area contributed by atoms with Crippen LogP contribution in [0.25, 0.3) is 0 Å². The average molecular weight is 302 g/mol. The molecule has 0 bridgehead atoms. The third-order valence-electron chi connectivity index (χ3n) is 3.06. The predicted molar refractivity (Wildman–Crippen MR) is 88.0 cm³/mol. The Bertz CT molecular complexity index is 283. The molecule has 126 valence electrons. The summed E-state index contributed by atoms with van der Waals surface area (Å²) in [7, 11) is 5.57. The Labute approximate surface area is 130 Å². The molecule has 1 atom stereocenters. The van der Waals surface area contributed by atoms with Gasteiger partial charge >= 0.3 is 0 Å². The van der Waals surface area contributed by atoms with Crippen LogP contribution in [0.15, 0.2) is 0 Å². The van der Waals surface area contributed by atoms with Crippen molar-refractivity contribution in [3.8, 4) is 0 Å². The van der Waals surface area contributed by atoms with Gasteiger partial charge in [0, 0.05) is 27.1 Å². The first-order valence-corrected chi connectivity index (χ1v) is 7.76. The normalized spacial score (nSPS) is 11.4. The molecule has 21 heavy (non-hydrogen) atoms. The quantitative estimate of drug-likeness (QED) is 0.614. The fourth-order valence-electron chi connectivity index (χ4n) is 1.72. The molecule has 0 saturated carbocycles. The van der Waals surface area contributed by atoms with E-state index in [0.29, 0.717) is 19.5 Å². The van der Waals surface area contributed by atoms with Crippen LogP contribution in [0, 0.1) is 0 Å². The minimum Gasteiger partial charge on any atom is -0.353 e. The highest BCUT2D eigenvalue weighted by molar-refractivity contribution is 5.86. The highest BCUT2D eigenvalue weighted by Gasteiger charge is 2.24. The number of carbonyl (C=O) groups is 2. The topological polar surface area (TPSA) is 78.7 Å². The van der Waals surface area contributed by atoms with Gasteiger partial charge in [0.15, 0.2) is 0 Å². The van der Waals surface area contributed by atoms with E-state index in [2.05, 4.69) is 5.32 Å². The van der Waals surface area contributed by atoms with Crippen LogP contribution in [0.3, 0.4) is 0 Å². The fraction of sp³-hybridized carbons (Fsp3) is 0.867. The van der Waals surface area contributed by atoms with Gasteiger partial charge in [0.1, 0.15) is 6.04 Å². The number of nitrogens with one attached hydrogen (secondary N) is 1. The highest BCUT2D eigenvalue weighted by atomic mass is 16.2. The first kappa shape index (κ1) is 22.1. The van der Waals surface area contributed by atoms with Gasteiger partial charge in [-0.25, -0.2) is 0 Å². The van der Waals surface area contributed by atoms with E-state index < -0.39 is 6.04 Å². The summed E-state index contributed by atoms with van der Waals surface area (Å²) >= 11 is 0. The van der Waals surface area contributed by atoms with Gasteiger partial charge in [0.2, 0.25) is 11.8 Å². The van der Waals surface area contributed by atoms with Crippen molar-refractivity contribution in [1.82, 2.24) is 15.1 Å². The van der Waals surface area contributed by atoms with Crippen LogP contribution in [0.1, 0.15) is 40.0 Å². The Kier molecular flexibility index (Phi) is 14.6. The van der Waals surface area contributed by atoms with Crippen LogP contribution in [0.2, 0.25) is 0 Å². The molecule has 0 aromatic carbocycles. The second-order valence-electron chi connectivity index (χ2n) is 5.02. The molecule has 6 nitrogen and oxygen atoms in total. The molecule has 0 saturated heterocycles. The van der Waals surface area contributed by atoms with E-state index in [9.17, 15) is 9.59 Å². The summed E-state index contributed by atoms with van der Waals surface area (Å²) in [5.41, 5.74) is 5.45. The number of nitrogens with two attached hydrogens (primary N) is 1. The second-order valence-corrected chi connectivity index (χ2v) is 5.02. The molecule has 0 heterocycles. The molecule has 0 aliphatic heterocycles. The lowest BCUT2D eigenvalue weighted by Gasteiger charge is -2.26. The Morgan fingerprint density at radius 3 is 2.14 bits per heavy atom. The molecule has 0 aromatic heterocycles. The zero-order valence-electron chi connectivity index (χ0n) is 14.6. The van der Waals surface area contributed by atoms with Crippen LogP contribution in [-0.2, 0) is 9.59 Å². The van der Waals surface area contributed by atoms with Crippen molar-refractivity contribution in [2.24, 2.45) is 5.73 Å². The summed E-state index contributed by atoms with van der Waals surface area (Å²) in [5, 5.41) is 2.87. The first-order valence-electron chi connectivity index (χ1n) is 7.76. The Morgan fingerprint density at radius 2 is 1.71 bits per heavy atom. The molecular weight excluding hydrogens is 268 g/mol.